The van der Waals surface area contributed by atoms with Gasteiger partial charge in [0.05, 0.1) is 24.4 Å². The van der Waals surface area contributed by atoms with E-state index in [2.05, 4.69) is 14.6 Å². The molecule has 1 unspecified atom stereocenters. The van der Waals surface area contributed by atoms with Crippen molar-refractivity contribution in [2.45, 2.75) is 26.4 Å². The highest BCUT2D eigenvalue weighted by molar-refractivity contribution is 7.09. The summed E-state index contributed by atoms with van der Waals surface area (Å²) >= 11 is 1.65. The molecule has 0 radical (unpaired) electrons. The second-order valence-electron chi connectivity index (χ2n) is 4.65. The topological polar surface area (TPSA) is 55.6 Å². The number of rotatable bonds is 5. The molecule has 2 heterocycles. The van der Waals surface area contributed by atoms with Crippen LogP contribution >= 0.6 is 11.3 Å². The van der Waals surface area contributed by atoms with E-state index in [9.17, 15) is 4.79 Å². The van der Waals surface area contributed by atoms with E-state index in [4.69, 9.17) is 4.42 Å². The van der Waals surface area contributed by atoms with Gasteiger partial charge in [-0.2, -0.15) is 0 Å². The third-order valence-electron chi connectivity index (χ3n) is 3.32. The van der Waals surface area contributed by atoms with Crippen LogP contribution in [0.2, 0.25) is 0 Å². The molecule has 2 rings (SSSR count). The average molecular weight is 294 g/mol. The number of thiazole rings is 1. The number of hydrogen-bond acceptors (Lipinski definition) is 6. The molecule has 0 spiro atoms. The normalized spacial score (nSPS) is 12.7. The quantitative estimate of drug-likeness (QED) is 0.793. The average Bonchev–Trinajstić information content (AvgIpc) is 3.07. The Bertz CT molecular complexity index is 591. The van der Waals surface area contributed by atoms with Crippen LogP contribution < -0.4 is 0 Å². The molecule has 1 atom stereocenters. The van der Waals surface area contributed by atoms with Crippen LogP contribution in [0.25, 0.3) is 0 Å². The third kappa shape index (κ3) is 3.08. The minimum absolute atomic E-state index is 0.0647. The van der Waals surface area contributed by atoms with Crippen LogP contribution in [0.5, 0.6) is 0 Å². The van der Waals surface area contributed by atoms with E-state index < -0.39 is 5.97 Å². The van der Waals surface area contributed by atoms with Crippen molar-refractivity contribution in [3.05, 3.63) is 39.7 Å². The maximum Gasteiger partial charge on any atom is 0.373 e. The molecule has 0 fully saturated rings. The summed E-state index contributed by atoms with van der Waals surface area (Å²) < 4.78 is 10.2. The first-order valence-corrected chi connectivity index (χ1v) is 7.18. The highest BCUT2D eigenvalue weighted by Gasteiger charge is 2.19. The summed E-state index contributed by atoms with van der Waals surface area (Å²) in [5.41, 5.74) is 2.91. The van der Waals surface area contributed by atoms with Gasteiger partial charge >= 0.3 is 5.97 Å². The zero-order valence-electron chi connectivity index (χ0n) is 12.0. The minimum atomic E-state index is -0.454. The van der Waals surface area contributed by atoms with Gasteiger partial charge in [-0.15, -0.1) is 11.3 Å². The summed E-state index contributed by atoms with van der Waals surface area (Å²) in [7, 11) is 3.36. The van der Waals surface area contributed by atoms with Gasteiger partial charge in [0.15, 0.2) is 0 Å². The molecule has 108 valence electrons. The predicted molar refractivity (Wildman–Crippen MR) is 76.8 cm³/mol. The Hall–Kier alpha value is -1.66. The van der Waals surface area contributed by atoms with Crippen LogP contribution in [-0.4, -0.2) is 30.0 Å². The van der Waals surface area contributed by atoms with Crippen molar-refractivity contribution >= 4 is 17.3 Å². The maximum absolute atomic E-state index is 11.4. The number of ether oxygens (including phenoxy) is 1. The number of carbonyl (C=O) groups excluding carboxylic acids is 1. The SMILES string of the molecule is COC(=O)c1ccc(C(C)N(C)Cc2scnc2C)o1. The van der Waals surface area contributed by atoms with Crippen molar-refractivity contribution in [1.29, 1.82) is 0 Å². The first-order chi connectivity index (χ1) is 9.52. The Balaban J connectivity index is 2.06. The summed E-state index contributed by atoms with van der Waals surface area (Å²) in [6.45, 7) is 4.84. The van der Waals surface area contributed by atoms with E-state index in [1.54, 1.807) is 17.4 Å². The Morgan fingerprint density at radius 3 is 2.90 bits per heavy atom. The number of aryl methyl sites for hydroxylation is 1. The molecule has 2 aromatic rings. The first kappa shape index (κ1) is 14.7. The number of furan rings is 1. The summed E-state index contributed by atoms with van der Waals surface area (Å²) in [6, 6.07) is 3.52. The summed E-state index contributed by atoms with van der Waals surface area (Å²) in [5, 5.41) is 0. The Morgan fingerprint density at radius 1 is 1.55 bits per heavy atom. The van der Waals surface area contributed by atoms with E-state index in [0.717, 1.165) is 18.0 Å². The number of methoxy groups -OCH3 is 1. The van der Waals surface area contributed by atoms with Gasteiger partial charge in [-0.25, -0.2) is 9.78 Å². The van der Waals surface area contributed by atoms with Crippen LogP contribution in [0.1, 0.15) is 39.9 Å². The van der Waals surface area contributed by atoms with Crippen molar-refractivity contribution in [3.63, 3.8) is 0 Å². The van der Waals surface area contributed by atoms with Gasteiger partial charge in [0.2, 0.25) is 5.76 Å². The molecule has 0 N–H and O–H groups in total. The molecular formula is C14H18N2O3S. The molecule has 0 saturated heterocycles. The minimum Gasteiger partial charge on any atom is -0.463 e. The summed E-state index contributed by atoms with van der Waals surface area (Å²) in [5.74, 6) is 0.524. The number of nitrogens with zero attached hydrogens (tertiary/aromatic N) is 2. The van der Waals surface area contributed by atoms with Crippen LogP contribution in [0.3, 0.4) is 0 Å². The summed E-state index contributed by atoms with van der Waals surface area (Å²) in [6.07, 6.45) is 0. The molecule has 6 heteroatoms. The molecule has 0 aliphatic rings. The monoisotopic (exact) mass is 294 g/mol. The van der Waals surface area contributed by atoms with Gasteiger partial charge in [0.25, 0.3) is 0 Å². The van der Waals surface area contributed by atoms with Gasteiger partial charge in [-0.05, 0) is 33.0 Å². The molecule has 2 aromatic heterocycles. The smallest absolute Gasteiger partial charge is 0.373 e. The zero-order valence-corrected chi connectivity index (χ0v) is 12.9. The van der Waals surface area contributed by atoms with E-state index in [1.165, 1.54) is 12.0 Å². The molecule has 0 aliphatic carbocycles. The molecule has 0 aliphatic heterocycles. The van der Waals surface area contributed by atoms with Crippen molar-refractivity contribution in [3.8, 4) is 0 Å². The highest BCUT2D eigenvalue weighted by atomic mass is 32.1. The van der Waals surface area contributed by atoms with Crippen LogP contribution in [0, 0.1) is 6.92 Å². The Morgan fingerprint density at radius 2 is 2.30 bits per heavy atom. The van der Waals surface area contributed by atoms with Crippen molar-refractivity contribution in [2.75, 3.05) is 14.2 Å². The number of aromatic nitrogens is 1. The van der Waals surface area contributed by atoms with E-state index >= 15 is 0 Å². The molecule has 0 aromatic carbocycles. The lowest BCUT2D eigenvalue weighted by atomic mass is 10.2. The van der Waals surface area contributed by atoms with Crippen LogP contribution in [0.4, 0.5) is 0 Å². The standard InChI is InChI=1S/C14H18N2O3S/c1-9-13(20-8-15-9)7-16(3)10(2)11-5-6-12(19-11)14(17)18-4/h5-6,8,10H,7H2,1-4H3. The fourth-order valence-electron chi connectivity index (χ4n) is 1.85. The largest absolute Gasteiger partial charge is 0.463 e. The third-order valence-corrected chi connectivity index (χ3v) is 4.24. The van der Waals surface area contributed by atoms with Gasteiger partial charge in [0.1, 0.15) is 5.76 Å². The van der Waals surface area contributed by atoms with Gasteiger partial charge in [-0.1, -0.05) is 0 Å². The van der Waals surface area contributed by atoms with E-state index in [0.29, 0.717) is 0 Å². The number of hydrogen-bond donors (Lipinski definition) is 0. The predicted octanol–water partition coefficient (Wildman–Crippen LogP) is 3.02. The van der Waals surface area contributed by atoms with Crippen molar-refractivity contribution in [1.82, 2.24) is 9.88 Å². The van der Waals surface area contributed by atoms with Gasteiger partial charge < -0.3 is 9.15 Å². The second kappa shape index (κ2) is 6.19. The maximum atomic E-state index is 11.4. The lowest BCUT2D eigenvalue weighted by Crippen LogP contribution is -2.21. The fraction of sp³-hybridized carbons (Fsp3) is 0.429. The highest BCUT2D eigenvalue weighted by Crippen LogP contribution is 2.25. The second-order valence-corrected chi connectivity index (χ2v) is 5.58. The molecule has 0 amide bonds. The number of esters is 1. The van der Waals surface area contributed by atoms with E-state index in [-0.39, 0.29) is 11.8 Å². The first-order valence-electron chi connectivity index (χ1n) is 6.30. The molecule has 0 bridgehead atoms. The van der Waals surface area contributed by atoms with Crippen LogP contribution in [-0.2, 0) is 11.3 Å². The van der Waals surface area contributed by atoms with Crippen molar-refractivity contribution < 1.29 is 13.9 Å². The molecule has 5 nitrogen and oxygen atoms in total. The molecular weight excluding hydrogens is 276 g/mol. The Kier molecular flexibility index (Phi) is 4.57. The summed E-state index contributed by atoms with van der Waals surface area (Å²) in [4.78, 5) is 19.0. The lowest BCUT2D eigenvalue weighted by molar-refractivity contribution is 0.0559. The van der Waals surface area contributed by atoms with Crippen LogP contribution in [0.15, 0.2) is 22.1 Å². The zero-order chi connectivity index (χ0) is 14.7. The van der Waals surface area contributed by atoms with Gasteiger partial charge in [0, 0.05) is 11.4 Å². The molecule has 0 saturated carbocycles. The number of carbonyl (C=O) groups is 1. The van der Waals surface area contributed by atoms with Gasteiger partial charge in [-0.3, -0.25) is 4.90 Å². The Labute approximate surface area is 122 Å². The molecule has 20 heavy (non-hydrogen) atoms. The fourth-order valence-corrected chi connectivity index (χ4v) is 2.69. The lowest BCUT2D eigenvalue weighted by Gasteiger charge is -2.22. The van der Waals surface area contributed by atoms with Crippen molar-refractivity contribution in [2.24, 2.45) is 0 Å². The van der Waals surface area contributed by atoms with E-state index in [1.807, 2.05) is 32.5 Å².